The number of hydrogen-bond donors (Lipinski definition) is 1. The molecule has 0 radical (unpaired) electrons. The van der Waals surface area contributed by atoms with Crippen molar-refractivity contribution in [2.24, 2.45) is 0 Å². The summed E-state index contributed by atoms with van der Waals surface area (Å²) >= 11 is 0. The van der Waals surface area contributed by atoms with Gasteiger partial charge in [-0.3, -0.25) is 14.5 Å². The lowest BCUT2D eigenvalue weighted by Gasteiger charge is -2.29. The summed E-state index contributed by atoms with van der Waals surface area (Å²) in [4.78, 5) is 30.1. The van der Waals surface area contributed by atoms with Crippen molar-refractivity contribution in [2.75, 3.05) is 26.2 Å². The first-order valence-corrected chi connectivity index (χ1v) is 11.4. The molecule has 1 aliphatic heterocycles. The monoisotopic (exact) mass is 421 g/mol. The number of hydrogen-bond acceptors (Lipinski definition) is 3. The van der Waals surface area contributed by atoms with Crippen LogP contribution in [0.5, 0.6) is 0 Å². The molecule has 2 unspecified atom stereocenters. The molecule has 3 rings (SSSR count). The molecule has 2 aromatic carbocycles. The zero-order valence-electron chi connectivity index (χ0n) is 19.0. The number of rotatable bonds is 7. The van der Waals surface area contributed by atoms with Crippen molar-refractivity contribution >= 4 is 11.8 Å². The Morgan fingerprint density at radius 1 is 1.00 bits per heavy atom. The third kappa shape index (κ3) is 6.17. The van der Waals surface area contributed by atoms with Crippen molar-refractivity contribution in [1.29, 1.82) is 0 Å². The second-order valence-electron chi connectivity index (χ2n) is 8.49. The average Bonchev–Trinajstić information content (AvgIpc) is 3.04. The third-order valence-electron chi connectivity index (χ3n) is 6.11. The lowest BCUT2D eigenvalue weighted by atomic mass is 10.0. The molecule has 1 saturated heterocycles. The molecule has 0 aliphatic carbocycles. The molecule has 0 spiro atoms. The Labute approximate surface area is 186 Å². The van der Waals surface area contributed by atoms with Crippen LogP contribution >= 0.6 is 0 Å². The van der Waals surface area contributed by atoms with E-state index in [4.69, 9.17) is 0 Å². The van der Waals surface area contributed by atoms with Crippen molar-refractivity contribution in [3.05, 3.63) is 71.3 Å². The molecule has 2 amide bonds. The fourth-order valence-electron chi connectivity index (χ4n) is 4.24. The maximum absolute atomic E-state index is 13.1. The molecule has 5 heteroatoms. The average molecular weight is 422 g/mol. The number of carbonyl (C=O) groups excluding carboxylic acids is 2. The van der Waals surface area contributed by atoms with Crippen LogP contribution in [-0.2, 0) is 4.79 Å². The Morgan fingerprint density at radius 2 is 1.77 bits per heavy atom. The molecule has 1 heterocycles. The molecule has 0 bridgehead atoms. The van der Waals surface area contributed by atoms with Gasteiger partial charge in [0.25, 0.3) is 5.91 Å². The van der Waals surface area contributed by atoms with Crippen LogP contribution in [0.3, 0.4) is 0 Å². The molecule has 0 aromatic heterocycles. The van der Waals surface area contributed by atoms with Gasteiger partial charge in [-0.05, 0) is 44.4 Å². The highest BCUT2D eigenvalue weighted by atomic mass is 16.2. The Bertz CT molecular complexity index is 868. The molecule has 0 saturated carbocycles. The van der Waals surface area contributed by atoms with Crippen LogP contribution in [-0.4, -0.2) is 53.8 Å². The molecule has 2 atom stereocenters. The molecule has 1 fully saturated rings. The van der Waals surface area contributed by atoms with Gasteiger partial charge < -0.3 is 10.2 Å². The smallest absolute Gasteiger partial charge is 0.253 e. The summed E-state index contributed by atoms with van der Waals surface area (Å²) in [5.74, 6) is 0.135. The number of nitrogens with zero attached hydrogens (tertiary/aromatic N) is 2. The Morgan fingerprint density at radius 3 is 2.48 bits per heavy atom. The largest absolute Gasteiger partial charge is 0.348 e. The second kappa shape index (κ2) is 11.1. The van der Waals surface area contributed by atoms with E-state index < -0.39 is 0 Å². The van der Waals surface area contributed by atoms with Crippen LogP contribution in [0.1, 0.15) is 60.6 Å². The van der Waals surface area contributed by atoms with Gasteiger partial charge in [-0.25, -0.2) is 0 Å². The summed E-state index contributed by atoms with van der Waals surface area (Å²) in [6, 6.07) is 17.7. The Balaban J connectivity index is 1.59. The van der Waals surface area contributed by atoms with Gasteiger partial charge in [-0.1, -0.05) is 61.4 Å². The summed E-state index contributed by atoms with van der Waals surface area (Å²) in [7, 11) is 0. The van der Waals surface area contributed by atoms with E-state index in [9.17, 15) is 9.59 Å². The van der Waals surface area contributed by atoms with Crippen molar-refractivity contribution < 1.29 is 9.59 Å². The minimum Gasteiger partial charge on any atom is -0.348 e. The van der Waals surface area contributed by atoms with Gasteiger partial charge in [-0.2, -0.15) is 0 Å². The lowest BCUT2D eigenvalue weighted by molar-refractivity contribution is -0.126. The van der Waals surface area contributed by atoms with Crippen LogP contribution in [0.2, 0.25) is 0 Å². The first-order valence-electron chi connectivity index (χ1n) is 11.4. The fraction of sp³-hybridized carbons (Fsp3) is 0.462. The minimum absolute atomic E-state index is 0.0347. The van der Waals surface area contributed by atoms with Crippen LogP contribution in [0.4, 0.5) is 0 Å². The fourth-order valence-corrected chi connectivity index (χ4v) is 4.24. The van der Waals surface area contributed by atoms with E-state index in [1.165, 1.54) is 0 Å². The lowest BCUT2D eigenvalue weighted by Crippen LogP contribution is -2.47. The number of carbonyl (C=O) groups is 2. The van der Waals surface area contributed by atoms with Crippen molar-refractivity contribution in [2.45, 2.75) is 52.1 Å². The van der Waals surface area contributed by atoms with Gasteiger partial charge in [0, 0.05) is 31.7 Å². The standard InChI is InChI=1S/C26H35N3O2/c1-4-10-24(22-12-6-5-7-13-22)27-25(30)21(3)28-15-9-16-29(18-17-28)26(31)23-14-8-11-20(2)19-23/h5-8,11-14,19,21,24H,4,9-10,15-18H2,1-3H3,(H,27,30). The summed E-state index contributed by atoms with van der Waals surface area (Å²) in [5, 5.41) is 3.26. The summed E-state index contributed by atoms with van der Waals surface area (Å²) < 4.78 is 0. The molecule has 1 N–H and O–H groups in total. The predicted molar refractivity (Wildman–Crippen MR) is 125 cm³/mol. The topological polar surface area (TPSA) is 52.7 Å². The third-order valence-corrected chi connectivity index (χ3v) is 6.11. The SMILES string of the molecule is CCCC(NC(=O)C(C)N1CCCN(C(=O)c2cccc(C)c2)CC1)c1ccccc1. The van der Waals surface area contributed by atoms with E-state index in [2.05, 4.69) is 29.3 Å². The van der Waals surface area contributed by atoms with Crippen molar-refractivity contribution in [3.8, 4) is 0 Å². The van der Waals surface area contributed by atoms with E-state index in [1.807, 2.05) is 61.2 Å². The van der Waals surface area contributed by atoms with Crippen molar-refractivity contribution in [1.82, 2.24) is 15.1 Å². The molecular weight excluding hydrogens is 386 g/mol. The first-order chi connectivity index (χ1) is 15.0. The Hall–Kier alpha value is -2.66. The molecular formula is C26H35N3O2. The summed E-state index contributed by atoms with van der Waals surface area (Å²) in [6.45, 7) is 9.00. The van der Waals surface area contributed by atoms with E-state index in [-0.39, 0.29) is 23.9 Å². The minimum atomic E-state index is -0.225. The predicted octanol–water partition coefficient (Wildman–Crippen LogP) is 4.19. The highest BCUT2D eigenvalue weighted by Crippen LogP contribution is 2.19. The van der Waals surface area contributed by atoms with Crippen LogP contribution in [0.15, 0.2) is 54.6 Å². The zero-order valence-corrected chi connectivity index (χ0v) is 19.0. The highest BCUT2D eigenvalue weighted by molar-refractivity contribution is 5.94. The van der Waals surface area contributed by atoms with E-state index in [0.717, 1.165) is 49.0 Å². The molecule has 31 heavy (non-hydrogen) atoms. The molecule has 166 valence electrons. The summed E-state index contributed by atoms with van der Waals surface area (Å²) in [6.07, 6.45) is 2.79. The van der Waals surface area contributed by atoms with Gasteiger partial charge in [0.15, 0.2) is 0 Å². The second-order valence-corrected chi connectivity index (χ2v) is 8.49. The number of aryl methyl sites for hydroxylation is 1. The van der Waals surface area contributed by atoms with E-state index >= 15 is 0 Å². The van der Waals surface area contributed by atoms with Gasteiger partial charge in [0.2, 0.25) is 5.91 Å². The van der Waals surface area contributed by atoms with Crippen LogP contribution in [0.25, 0.3) is 0 Å². The summed E-state index contributed by atoms with van der Waals surface area (Å²) in [5.41, 5.74) is 2.98. The molecule has 5 nitrogen and oxygen atoms in total. The van der Waals surface area contributed by atoms with Gasteiger partial charge in [0.1, 0.15) is 0 Å². The molecule has 1 aliphatic rings. The van der Waals surface area contributed by atoms with E-state index in [0.29, 0.717) is 13.1 Å². The number of amides is 2. The van der Waals surface area contributed by atoms with Gasteiger partial charge in [0.05, 0.1) is 12.1 Å². The quantitative estimate of drug-likeness (QED) is 0.729. The van der Waals surface area contributed by atoms with Crippen LogP contribution < -0.4 is 5.32 Å². The first kappa shape index (κ1) is 23.0. The number of nitrogens with one attached hydrogen (secondary N) is 1. The number of benzene rings is 2. The van der Waals surface area contributed by atoms with Gasteiger partial charge in [-0.15, -0.1) is 0 Å². The maximum Gasteiger partial charge on any atom is 0.253 e. The normalized spacial score (nSPS) is 16.9. The zero-order chi connectivity index (χ0) is 22.2. The van der Waals surface area contributed by atoms with Gasteiger partial charge >= 0.3 is 0 Å². The Kier molecular flexibility index (Phi) is 8.24. The maximum atomic E-state index is 13.1. The van der Waals surface area contributed by atoms with Crippen molar-refractivity contribution in [3.63, 3.8) is 0 Å². The van der Waals surface area contributed by atoms with Crippen LogP contribution in [0, 0.1) is 6.92 Å². The molecule has 2 aromatic rings. The highest BCUT2D eigenvalue weighted by Gasteiger charge is 2.27. The van der Waals surface area contributed by atoms with E-state index in [1.54, 1.807) is 0 Å².